The molecule has 0 saturated carbocycles. The molecule has 3 nitrogen and oxygen atoms in total. The highest BCUT2D eigenvalue weighted by molar-refractivity contribution is 5.74. The van der Waals surface area contributed by atoms with Gasteiger partial charge in [-0.25, -0.2) is 8.78 Å². The highest BCUT2D eigenvalue weighted by Crippen LogP contribution is 2.21. The van der Waals surface area contributed by atoms with E-state index in [1.165, 1.54) is 4.90 Å². The van der Waals surface area contributed by atoms with Gasteiger partial charge < -0.3 is 10.6 Å². The van der Waals surface area contributed by atoms with Gasteiger partial charge in [0.1, 0.15) is 0 Å². The summed E-state index contributed by atoms with van der Waals surface area (Å²) in [4.78, 5) is 1.50. The lowest BCUT2D eigenvalue weighted by atomic mass is 9.99. The quantitative estimate of drug-likeness (QED) is 0.461. The fourth-order valence-corrected chi connectivity index (χ4v) is 1.43. The second kappa shape index (κ2) is 3.69. The number of nitrogens with zero attached hydrogens (tertiary/aromatic N) is 1. The molecule has 5 heteroatoms. The summed E-state index contributed by atoms with van der Waals surface area (Å²) in [7, 11) is 0. The summed E-state index contributed by atoms with van der Waals surface area (Å²) in [6.07, 6.45) is -1.04. The molecule has 0 radical (unpaired) electrons. The van der Waals surface area contributed by atoms with Crippen LogP contribution in [0.5, 0.6) is 0 Å². The van der Waals surface area contributed by atoms with Crippen LogP contribution in [-0.4, -0.2) is 30.4 Å². The monoisotopic (exact) mass is 177 g/mol. The Morgan fingerprint density at radius 2 is 2.25 bits per heavy atom. The van der Waals surface area contributed by atoms with Crippen molar-refractivity contribution in [1.82, 2.24) is 4.90 Å². The maximum absolute atomic E-state index is 12.2. The van der Waals surface area contributed by atoms with Gasteiger partial charge >= 0.3 is 0 Å². The number of alkyl halides is 2. The van der Waals surface area contributed by atoms with Gasteiger partial charge in [0.25, 0.3) is 0 Å². The van der Waals surface area contributed by atoms with E-state index in [2.05, 4.69) is 0 Å². The maximum Gasteiger partial charge on any atom is 0.243 e. The van der Waals surface area contributed by atoms with Crippen molar-refractivity contribution in [2.75, 3.05) is 13.1 Å². The normalized spacial score (nSPS) is 24.6. The van der Waals surface area contributed by atoms with Crippen molar-refractivity contribution < 1.29 is 8.78 Å². The summed E-state index contributed by atoms with van der Waals surface area (Å²) in [6, 6.07) is 0. The predicted octanol–water partition coefficient (Wildman–Crippen LogP) is 0.857. The zero-order valence-corrected chi connectivity index (χ0v) is 6.76. The maximum atomic E-state index is 12.2. The standard InChI is InChI=1S/C7H13F2N3/c8-6(9)5-2-1-3-12(4-5)7(10)11/h5-6H,1-4H2,(H3,10,11)/t5-/m0/s1. The molecule has 1 rings (SSSR count). The topological polar surface area (TPSA) is 53.1 Å². The Hall–Kier alpha value is -0.870. The van der Waals surface area contributed by atoms with Gasteiger partial charge in [0.2, 0.25) is 6.43 Å². The van der Waals surface area contributed by atoms with Crippen LogP contribution in [0, 0.1) is 11.3 Å². The SMILES string of the molecule is N=C(N)N1CCC[C@H](C(F)F)C1. The molecule has 0 aromatic heterocycles. The lowest BCUT2D eigenvalue weighted by Gasteiger charge is -2.32. The Morgan fingerprint density at radius 3 is 2.75 bits per heavy atom. The van der Waals surface area contributed by atoms with E-state index < -0.39 is 12.3 Å². The molecule has 1 atom stereocenters. The molecule has 0 amide bonds. The van der Waals surface area contributed by atoms with E-state index in [1.54, 1.807) is 0 Å². The van der Waals surface area contributed by atoms with E-state index in [0.29, 0.717) is 19.4 Å². The molecule has 0 spiro atoms. The lowest BCUT2D eigenvalue weighted by Crippen LogP contribution is -2.45. The Bertz CT molecular complexity index is 172. The van der Waals surface area contributed by atoms with Gasteiger partial charge in [-0.15, -0.1) is 0 Å². The molecule has 0 aromatic carbocycles. The first kappa shape index (κ1) is 9.22. The van der Waals surface area contributed by atoms with Crippen LogP contribution < -0.4 is 5.73 Å². The van der Waals surface area contributed by atoms with Crippen LogP contribution >= 0.6 is 0 Å². The van der Waals surface area contributed by atoms with Crippen LogP contribution in [0.2, 0.25) is 0 Å². The summed E-state index contributed by atoms with van der Waals surface area (Å²) in [6.45, 7) is 0.867. The van der Waals surface area contributed by atoms with Gasteiger partial charge in [-0.05, 0) is 12.8 Å². The van der Waals surface area contributed by atoms with E-state index in [9.17, 15) is 8.78 Å². The summed E-state index contributed by atoms with van der Waals surface area (Å²) < 4.78 is 24.4. The third kappa shape index (κ3) is 2.06. The number of halogens is 2. The van der Waals surface area contributed by atoms with Crippen LogP contribution in [0.1, 0.15) is 12.8 Å². The lowest BCUT2D eigenvalue weighted by molar-refractivity contribution is 0.0441. The van der Waals surface area contributed by atoms with Crippen molar-refractivity contribution in [2.45, 2.75) is 19.3 Å². The minimum Gasteiger partial charge on any atom is -0.370 e. The molecule has 1 heterocycles. The van der Waals surface area contributed by atoms with Crippen molar-refractivity contribution in [3.05, 3.63) is 0 Å². The van der Waals surface area contributed by atoms with E-state index >= 15 is 0 Å². The fraction of sp³-hybridized carbons (Fsp3) is 0.857. The zero-order chi connectivity index (χ0) is 9.14. The van der Waals surface area contributed by atoms with Gasteiger partial charge in [-0.3, -0.25) is 5.41 Å². The first-order valence-corrected chi connectivity index (χ1v) is 3.98. The highest BCUT2D eigenvalue weighted by Gasteiger charge is 2.27. The Balaban J connectivity index is 2.46. The molecule has 0 bridgehead atoms. The zero-order valence-electron chi connectivity index (χ0n) is 6.76. The third-order valence-corrected chi connectivity index (χ3v) is 2.15. The van der Waals surface area contributed by atoms with Crippen molar-refractivity contribution >= 4 is 5.96 Å². The Labute approximate surface area is 70.0 Å². The summed E-state index contributed by atoms with van der Waals surface area (Å²) >= 11 is 0. The Kier molecular flexibility index (Phi) is 2.83. The van der Waals surface area contributed by atoms with Crippen molar-refractivity contribution in [2.24, 2.45) is 11.7 Å². The van der Waals surface area contributed by atoms with E-state index in [4.69, 9.17) is 11.1 Å². The van der Waals surface area contributed by atoms with E-state index in [0.717, 1.165) is 0 Å². The van der Waals surface area contributed by atoms with Crippen LogP contribution in [0.25, 0.3) is 0 Å². The largest absolute Gasteiger partial charge is 0.370 e. The molecule has 3 N–H and O–H groups in total. The minimum atomic E-state index is -2.29. The van der Waals surface area contributed by atoms with Crippen LogP contribution in [0.15, 0.2) is 0 Å². The molecular weight excluding hydrogens is 164 g/mol. The van der Waals surface area contributed by atoms with Gasteiger partial charge in [-0.1, -0.05) is 0 Å². The first-order chi connectivity index (χ1) is 5.61. The number of nitrogens with two attached hydrogens (primary N) is 1. The second-order valence-corrected chi connectivity index (χ2v) is 3.07. The first-order valence-electron chi connectivity index (χ1n) is 3.98. The van der Waals surface area contributed by atoms with Gasteiger partial charge in [0.15, 0.2) is 5.96 Å². The average Bonchev–Trinajstić information content (AvgIpc) is 2.04. The number of likely N-dealkylation sites (tertiary alicyclic amines) is 1. The minimum absolute atomic E-state index is 0.0969. The molecule has 12 heavy (non-hydrogen) atoms. The molecule has 0 aliphatic carbocycles. The molecule has 1 saturated heterocycles. The van der Waals surface area contributed by atoms with Crippen LogP contribution in [0.3, 0.4) is 0 Å². The van der Waals surface area contributed by atoms with E-state index in [-0.39, 0.29) is 12.5 Å². The fourth-order valence-electron chi connectivity index (χ4n) is 1.43. The van der Waals surface area contributed by atoms with Gasteiger partial charge in [0.05, 0.1) is 0 Å². The summed E-state index contributed by atoms with van der Waals surface area (Å²) in [5.74, 6) is -0.706. The highest BCUT2D eigenvalue weighted by atomic mass is 19.3. The second-order valence-electron chi connectivity index (χ2n) is 3.07. The smallest absolute Gasteiger partial charge is 0.243 e. The third-order valence-electron chi connectivity index (χ3n) is 2.15. The van der Waals surface area contributed by atoms with Crippen molar-refractivity contribution in [3.8, 4) is 0 Å². The molecule has 1 fully saturated rings. The summed E-state index contributed by atoms with van der Waals surface area (Å²) in [5, 5.41) is 7.08. The van der Waals surface area contributed by atoms with Crippen LogP contribution in [-0.2, 0) is 0 Å². The number of guanidine groups is 1. The van der Waals surface area contributed by atoms with Crippen molar-refractivity contribution in [1.29, 1.82) is 5.41 Å². The molecule has 0 aromatic rings. The molecular formula is C7H13F2N3. The van der Waals surface area contributed by atoms with Gasteiger partial charge in [0, 0.05) is 19.0 Å². The molecule has 70 valence electrons. The number of nitrogens with one attached hydrogen (secondary N) is 1. The van der Waals surface area contributed by atoms with Gasteiger partial charge in [-0.2, -0.15) is 0 Å². The number of piperidine rings is 1. The number of hydrogen-bond acceptors (Lipinski definition) is 1. The van der Waals surface area contributed by atoms with Crippen molar-refractivity contribution in [3.63, 3.8) is 0 Å². The van der Waals surface area contributed by atoms with Crippen LogP contribution in [0.4, 0.5) is 8.78 Å². The molecule has 1 aliphatic rings. The molecule has 1 aliphatic heterocycles. The number of rotatable bonds is 1. The number of hydrogen-bond donors (Lipinski definition) is 2. The van der Waals surface area contributed by atoms with E-state index in [1.807, 2.05) is 0 Å². The average molecular weight is 177 g/mol. The Morgan fingerprint density at radius 1 is 1.58 bits per heavy atom. The molecule has 0 unspecified atom stereocenters. The predicted molar refractivity (Wildman–Crippen MR) is 42.2 cm³/mol. The summed E-state index contributed by atoms with van der Waals surface area (Å²) in [5.41, 5.74) is 5.19.